The highest BCUT2D eigenvalue weighted by Crippen LogP contribution is 2.25. The Balaban J connectivity index is 1.74. The van der Waals surface area contributed by atoms with Crippen LogP contribution in [-0.4, -0.2) is 27.6 Å². The largest absolute Gasteiger partial charge is 0.476 e. The predicted octanol–water partition coefficient (Wildman–Crippen LogP) is 2.56. The van der Waals surface area contributed by atoms with Gasteiger partial charge in [0.25, 0.3) is 0 Å². The fourth-order valence-electron chi connectivity index (χ4n) is 2.41. The highest BCUT2D eigenvalue weighted by atomic mass is 16.4. The maximum atomic E-state index is 10.6. The van der Waals surface area contributed by atoms with E-state index < -0.39 is 5.97 Å². The van der Waals surface area contributed by atoms with E-state index in [1.54, 1.807) is 0 Å². The number of carboxylic acids is 1. The Morgan fingerprint density at radius 1 is 1.28 bits per heavy atom. The van der Waals surface area contributed by atoms with E-state index in [4.69, 9.17) is 5.11 Å². The van der Waals surface area contributed by atoms with Gasteiger partial charge in [-0.25, -0.2) is 14.8 Å². The molecule has 1 aliphatic rings. The second-order valence-electron chi connectivity index (χ2n) is 4.81. The summed E-state index contributed by atoms with van der Waals surface area (Å²) in [5, 5.41) is 11.9. The predicted molar refractivity (Wildman–Crippen MR) is 68.7 cm³/mol. The number of aromatic carboxylic acids is 1. The summed E-state index contributed by atoms with van der Waals surface area (Å²) in [7, 11) is 0. The first-order chi connectivity index (χ1) is 8.75. The average molecular weight is 249 g/mol. The Kier molecular flexibility index (Phi) is 4.50. The molecule has 0 unspecified atom stereocenters. The average Bonchev–Trinajstić information content (AvgIpc) is 2.40. The lowest BCUT2D eigenvalue weighted by molar-refractivity contribution is 0.0690. The molecule has 2 N–H and O–H groups in total. The van der Waals surface area contributed by atoms with Gasteiger partial charge in [0.2, 0.25) is 0 Å². The molecule has 1 fully saturated rings. The van der Waals surface area contributed by atoms with Crippen molar-refractivity contribution in [2.75, 3.05) is 11.9 Å². The molecule has 5 heteroatoms. The van der Waals surface area contributed by atoms with E-state index in [1.165, 1.54) is 44.5 Å². The Morgan fingerprint density at radius 2 is 2.06 bits per heavy atom. The normalized spacial score (nSPS) is 16.4. The van der Waals surface area contributed by atoms with Gasteiger partial charge >= 0.3 is 5.97 Å². The van der Waals surface area contributed by atoms with Crippen molar-refractivity contribution >= 4 is 11.8 Å². The molecule has 0 amide bonds. The molecule has 0 radical (unpaired) electrons. The Morgan fingerprint density at radius 3 is 2.67 bits per heavy atom. The zero-order chi connectivity index (χ0) is 12.8. The molecule has 0 atom stereocenters. The molecule has 0 aromatic carbocycles. The maximum Gasteiger partial charge on any atom is 0.356 e. The van der Waals surface area contributed by atoms with E-state index in [1.807, 2.05) is 0 Å². The van der Waals surface area contributed by atoms with Gasteiger partial charge in [0.15, 0.2) is 5.69 Å². The van der Waals surface area contributed by atoms with Crippen molar-refractivity contribution in [2.24, 2.45) is 5.92 Å². The molecule has 1 aromatic heterocycles. The summed E-state index contributed by atoms with van der Waals surface area (Å²) in [6.07, 6.45) is 10.7. The SMILES string of the molecule is O=C(O)c1cnc(NCCC2CCCCC2)cn1. The Bertz CT molecular complexity index is 386. The zero-order valence-corrected chi connectivity index (χ0v) is 10.4. The number of anilines is 1. The standard InChI is InChI=1S/C13H19N3O2/c17-13(18)11-8-16-12(9-15-11)14-7-6-10-4-2-1-3-5-10/h8-10H,1-7H2,(H,14,16)(H,17,18). The highest BCUT2D eigenvalue weighted by Gasteiger charge is 2.12. The smallest absolute Gasteiger partial charge is 0.356 e. The molecule has 0 aliphatic heterocycles. The first-order valence-corrected chi connectivity index (χ1v) is 6.55. The molecule has 98 valence electrons. The van der Waals surface area contributed by atoms with Crippen LogP contribution in [0.15, 0.2) is 12.4 Å². The van der Waals surface area contributed by atoms with Crippen molar-refractivity contribution in [1.29, 1.82) is 0 Å². The van der Waals surface area contributed by atoms with Crippen LogP contribution in [0.5, 0.6) is 0 Å². The lowest BCUT2D eigenvalue weighted by Gasteiger charge is -2.21. The van der Waals surface area contributed by atoms with E-state index in [9.17, 15) is 4.79 Å². The van der Waals surface area contributed by atoms with E-state index in [2.05, 4.69) is 15.3 Å². The van der Waals surface area contributed by atoms with Gasteiger partial charge < -0.3 is 10.4 Å². The molecule has 1 saturated carbocycles. The fourth-order valence-corrected chi connectivity index (χ4v) is 2.41. The van der Waals surface area contributed by atoms with Gasteiger partial charge in [-0.1, -0.05) is 32.1 Å². The summed E-state index contributed by atoms with van der Waals surface area (Å²) in [6.45, 7) is 0.881. The van der Waals surface area contributed by atoms with Crippen molar-refractivity contribution in [3.63, 3.8) is 0 Å². The number of hydrogen-bond acceptors (Lipinski definition) is 4. The molecule has 1 heterocycles. The van der Waals surface area contributed by atoms with Crippen LogP contribution in [0, 0.1) is 5.92 Å². The van der Waals surface area contributed by atoms with Crippen molar-refractivity contribution < 1.29 is 9.90 Å². The number of carbonyl (C=O) groups is 1. The van der Waals surface area contributed by atoms with Crippen LogP contribution in [-0.2, 0) is 0 Å². The summed E-state index contributed by atoms with van der Waals surface area (Å²) in [5.41, 5.74) is -0.0205. The zero-order valence-electron chi connectivity index (χ0n) is 10.4. The number of nitrogens with one attached hydrogen (secondary N) is 1. The quantitative estimate of drug-likeness (QED) is 0.838. The number of nitrogens with zero attached hydrogens (tertiary/aromatic N) is 2. The number of rotatable bonds is 5. The molecular weight excluding hydrogens is 230 g/mol. The van der Waals surface area contributed by atoms with Gasteiger partial charge in [0, 0.05) is 6.54 Å². The second-order valence-corrected chi connectivity index (χ2v) is 4.81. The fraction of sp³-hybridized carbons (Fsp3) is 0.615. The van der Waals surface area contributed by atoms with Crippen LogP contribution in [0.3, 0.4) is 0 Å². The number of hydrogen-bond donors (Lipinski definition) is 2. The van der Waals surface area contributed by atoms with Crippen LogP contribution in [0.1, 0.15) is 49.0 Å². The Labute approximate surface area is 107 Å². The van der Waals surface area contributed by atoms with Crippen molar-refractivity contribution in [3.05, 3.63) is 18.1 Å². The Hall–Kier alpha value is -1.65. The molecule has 18 heavy (non-hydrogen) atoms. The second kappa shape index (κ2) is 6.33. The van der Waals surface area contributed by atoms with Gasteiger partial charge in [-0.3, -0.25) is 0 Å². The summed E-state index contributed by atoms with van der Waals surface area (Å²) in [6, 6.07) is 0. The summed E-state index contributed by atoms with van der Waals surface area (Å²) >= 11 is 0. The van der Waals surface area contributed by atoms with Crippen molar-refractivity contribution in [3.8, 4) is 0 Å². The molecule has 1 aromatic rings. The number of carboxylic acid groups (broad SMARTS) is 1. The molecular formula is C13H19N3O2. The van der Waals surface area contributed by atoms with Gasteiger partial charge in [-0.05, 0) is 12.3 Å². The van der Waals surface area contributed by atoms with Gasteiger partial charge in [0.05, 0.1) is 12.4 Å². The van der Waals surface area contributed by atoms with Gasteiger partial charge in [-0.15, -0.1) is 0 Å². The summed E-state index contributed by atoms with van der Waals surface area (Å²) in [4.78, 5) is 18.5. The summed E-state index contributed by atoms with van der Waals surface area (Å²) in [5.74, 6) is 0.435. The van der Waals surface area contributed by atoms with Crippen LogP contribution < -0.4 is 5.32 Å². The third kappa shape index (κ3) is 3.68. The summed E-state index contributed by atoms with van der Waals surface area (Å²) < 4.78 is 0. The molecule has 5 nitrogen and oxygen atoms in total. The molecule has 0 bridgehead atoms. The van der Waals surface area contributed by atoms with Crippen LogP contribution in [0.2, 0.25) is 0 Å². The maximum absolute atomic E-state index is 10.6. The van der Waals surface area contributed by atoms with Gasteiger partial charge in [0.1, 0.15) is 5.82 Å². The van der Waals surface area contributed by atoms with Crippen LogP contribution in [0.25, 0.3) is 0 Å². The van der Waals surface area contributed by atoms with Crippen molar-refractivity contribution in [1.82, 2.24) is 9.97 Å². The van der Waals surface area contributed by atoms with E-state index in [0.717, 1.165) is 18.9 Å². The molecule has 0 spiro atoms. The third-order valence-electron chi connectivity index (χ3n) is 3.45. The minimum atomic E-state index is -1.05. The highest BCUT2D eigenvalue weighted by molar-refractivity contribution is 5.84. The minimum absolute atomic E-state index is 0.0205. The van der Waals surface area contributed by atoms with Crippen LogP contribution >= 0.6 is 0 Å². The topological polar surface area (TPSA) is 75.1 Å². The van der Waals surface area contributed by atoms with Crippen LogP contribution in [0.4, 0.5) is 5.82 Å². The monoisotopic (exact) mass is 249 g/mol. The van der Waals surface area contributed by atoms with Gasteiger partial charge in [-0.2, -0.15) is 0 Å². The third-order valence-corrected chi connectivity index (χ3v) is 3.45. The first kappa shape index (κ1) is 12.8. The first-order valence-electron chi connectivity index (χ1n) is 6.55. The molecule has 1 aliphatic carbocycles. The van der Waals surface area contributed by atoms with Crippen molar-refractivity contribution in [2.45, 2.75) is 38.5 Å². The lowest BCUT2D eigenvalue weighted by atomic mass is 9.87. The van der Waals surface area contributed by atoms with E-state index in [-0.39, 0.29) is 5.69 Å². The van der Waals surface area contributed by atoms with E-state index >= 15 is 0 Å². The minimum Gasteiger partial charge on any atom is -0.476 e. The lowest BCUT2D eigenvalue weighted by Crippen LogP contribution is -2.13. The number of aromatic nitrogens is 2. The molecule has 2 rings (SSSR count). The molecule has 0 saturated heterocycles. The van der Waals surface area contributed by atoms with E-state index in [0.29, 0.717) is 5.82 Å².